The summed E-state index contributed by atoms with van der Waals surface area (Å²) in [4.78, 5) is 27.0. The highest BCUT2D eigenvalue weighted by molar-refractivity contribution is 5.94. The van der Waals surface area contributed by atoms with Crippen molar-refractivity contribution >= 4 is 5.78 Å². The van der Waals surface area contributed by atoms with Gasteiger partial charge < -0.3 is 4.74 Å². The van der Waals surface area contributed by atoms with Crippen LogP contribution in [-0.4, -0.2) is 22.4 Å². The molecule has 0 unspecified atom stereocenters. The van der Waals surface area contributed by atoms with Gasteiger partial charge in [0.05, 0.1) is 20.0 Å². The van der Waals surface area contributed by atoms with E-state index in [0.717, 1.165) is 5.56 Å². The van der Waals surface area contributed by atoms with Crippen LogP contribution in [0.3, 0.4) is 0 Å². The van der Waals surface area contributed by atoms with E-state index >= 15 is 0 Å². The van der Waals surface area contributed by atoms with Gasteiger partial charge in [-0.25, -0.2) is 4.98 Å². The molecule has 0 bridgehead atoms. The minimum Gasteiger partial charge on any atom is -0.496 e. The molecule has 0 aliphatic rings. The summed E-state index contributed by atoms with van der Waals surface area (Å²) >= 11 is 0. The second-order valence-electron chi connectivity index (χ2n) is 4.13. The van der Waals surface area contributed by atoms with Crippen LogP contribution in [0, 0.1) is 0 Å². The second kappa shape index (κ2) is 5.48. The zero-order valence-corrected chi connectivity index (χ0v) is 10.8. The molecule has 0 aliphatic heterocycles. The van der Waals surface area contributed by atoms with E-state index in [-0.39, 0.29) is 11.3 Å². The lowest BCUT2D eigenvalue weighted by molar-refractivity contribution is 0.101. The third-order valence-corrected chi connectivity index (χ3v) is 2.82. The number of ether oxygens (including phenoxy) is 1. The SMILES string of the molecule is COc1ccc(C(C)=O)cc1Cn1cnccc1=O. The van der Waals surface area contributed by atoms with Gasteiger partial charge in [0, 0.05) is 23.4 Å². The summed E-state index contributed by atoms with van der Waals surface area (Å²) in [7, 11) is 1.55. The van der Waals surface area contributed by atoms with Crippen LogP contribution in [0.4, 0.5) is 0 Å². The van der Waals surface area contributed by atoms with E-state index in [1.165, 1.54) is 30.1 Å². The average Bonchev–Trinajstić information content (AvgIpc) is 2.41. The number of aromatic nitrogens is 2. The van der Waals surface area contributed by atoms with Crippen LogP contribution >= 0.6 is 0 Å². The number of nitrogens with zero attached hydrogens (tertiary/aromatic N) is 2. The van der Waals surface area contributed by atoms with Gasteiger partial charge in [-0.05, 0) is 25.1 Å². The van der Waals surface area contributed by atoms with Gasteiger partial charge in [-0.2, -0.15) is 0 Å². The maximum Gasteiger partial charge on any atom is 0.253 e. The predicted molar refractivity (Wildman–Crippen MR) is 70.6 cm³/mol. The Balaban J connectivity index is 2.43. The average molecular weight is 258 g/mol. The Morgan fingerprint density at radius 1 is 1.37 bits per heavy atom. The molecule has 1 aromatic carbocycles. The van der Waals surface area contributed by atoms with Gasteiger partial charge >= 0.3 is 0 Å². The molecule has 2 aromatic rings. The quantitative estimate of drug-likeness (QED) is 0.780. The Morgan fingerprint density at radius 2 is 2.16 bits per heavy atom. The summed E-state index contributed by atoms with van der Waals surface area (Å²) in [6, 6.07) is 6.56. The molecule has 0 saturated heterocycles. The van der Waals surface area contributed by atoms with E-state index in [9.17, 15) is 9.59 Å². The van der Waals surface area contributed by atoms with Gasteiger partial charge in [0.2, 0.25) is 0 Å². The third-order valence-electron chi connectivity index (χ3n) is 2.82. The van der Waals surface area contributed by atoms with E-state index in [0.29, 0.717) is 17.9 Å². The van der Waals surface area contributed by atoms with Crippen molar-refractivity contribution in [3.63, 3.8) is 0 Å². The Kier molecular flexibility index (Phi) is 3.75. The number of methoxy groups -OCH3 is 1. The van der Waals surface area contributed by atoms with Crippen LogP contribution in [0.15, 0.2) is 41.6 Å². The van der Waals surface area contributed by atoms with Crippen molar-refractivity contribution in [3.8, 4) is 5.75 Å². The van der Waals surface area contributed by atoms with Crippen LogP contribution in [0.25, 0.3) is 0 Å². The lowest BCUT2D eigenvalue weighted by atomic mass is 10.1. The lowest BCUT2D eigenvalue weighted by Crippen LogP contribution is -2.19. The van der Waals surface area contributed by atoms with Gasteiger partial charge in [-0.15, -0.1) is 0 Å². The topological polar surface area (TPSA) is 61.2 Å². The highest BCUT2D eigenvalue weighted by atomic mass is 16.5. The van der Waals surface area contributed by atoms with Crippen LogP contribution in [0.5, 0.6) is 5.75 Å². The first-order valence-electron chi connectivity index (χ1n) is 5.80. The standard InChI is InChI=1S/C14H14N2O3/c1-10(17)11-3-4-13(19-2)12(7-11)8-16-9-15-6-5-14(16)18/h3-7,9H,8H2,1-2H3. The summed E-state index contributed by atoms with van der Waals surface area (Å²) in [5.74, 6) is 0.614. The summed E-state index contributed by atoms with van der Waals surface area (Å²) in [6.45, 7) is 1.82. The summed E-state index contributed by atoms with van der Waals surface area (Å²) in [5, 5.41) is 0. The Labute approximate surface area is 110 Å². The number of hydrogen-bond donors (Lipinski definition) is 0. The minimum atomic E-state index is -0.148. The van der Waals surface area contributed by atoms with Gasteiger partial charge in [0.1, 0.15) is 5.75 Å². The van der Waals surface area contributed by atoms with Crippen molar-refractivity contribution in [2.45, 2.75) is 13.5 Å². The van der Waals surface area contributed by atoms with Crippen LogP contribution < -0.4 is 10.3 Å². The molecule has 0 atom stereocenters. The maximum atomic E-state index is 11.7. The van der Waals surface area contributed by atoms with Crippen molar-refractivity contribution < 1.29 is 9.53 Å². The molecule has 98 valence electrons. The largest absolute Gasteiger partial charge is 0.496 e. The molecule has 2 rings (SSSR count). The van der Waals surface area contributed by atoms with Crippen molar-refractivity contribution in [1.82, 2.24) is 9.55 Å². The highest BCUT2D eigenvalue weighted by Gasteiger charge is 2.08. The van der Waals surface area contributed by atoms with Crippen molar-refractivity contribution in [2.24, 2.45) is 0 Å². The maximum absolute atomic E-state index is 11.7. The first-order chi connectivity index (χ1) is 9.11. The van der Waals surface area contributed by atoms with E-state index in [2.05, 4.69) is 4.98 Å². The number of ketones is 1. The molecule has 1 aromatic heterocycles. The molecular formula is C14H14N2O3. The normalized spacial score (nSPS) is 10.2. The van der Waals surface area contributed by atoms with Crippen molar-refractivity contribution in [3.05, 3.63) is 58.3 Å². The molecular weight excluding hydrogens is 244 g/mol. The molecule has 5 heteroatoms. The zero-order valence-electron chi connectivity index (χ0n) is 10.8. The van der Waals surface area contributed by atoms with Crippen LogP contribution in [-0.2, 0) is 6.54 Å². The molecule has 0 N–H and O–H groups in total. The fourth-order valence-corrected chi connectivity index (χ4v) is 1.80. The number of rotatable bonds is 4. The number of carbonyl (C=O) groups is 1. The number of benzene rings is 1. The number of carbonyl (C=O) groups excluding carboxylic acids is 1. The van der Waals surface area contributed by atoms with E-state index in [1.807, 2.05) is 0 Å². The van der Waals surface area contributed by atoms with E-state index in [1.54, 1.807) is 25.3 Å². The van der Waals surface area contributed by atoms with Gasteiger partial charge in [-0.1, -0.05) is 0 Å². The van der Waals surface area contributed by atoms with Gasteiger partial charge in [0.15, 0.2) is 5.78 Å². The summed E-state index contributed by atoms with van der Waals surface area (Å²) in [6.07, 6.45) is 2.91. The van der Waals surface area contributed by atoms with Crippen molar-refractivity contribution in [2.75, 3.05) is 7.11 Å². The second-order valence-corrected chi connectivity index (χ2v) is 4.13. The molecule has 19 heavy (non-hydrogen) atoms. The third kappa shape index (κ3) is 2.88. The predicted octanol–water partition coefficient (Wildman–Crippen LogP) is 1.50. The molecule has 0 aliphatic carbocycles. The van der Waals surface area contributed by atoms with Gasteiger partial charge in [0.25, 0.3) is 5.56 Å². The first-order valence-corrected chi connectivity index (χ1v) is 5.80. The molecule has 0 saturated carbocycles. The molecule has 0 spiro atoms. The molecule has 0 amide bonds. The zero-order chi connectivity index (χ0) is 13.8. The van der Waals surface area contributed by atoms with E-state index < -0.39 is 0 Å². The molecule has 0 fully saturated rings. The lowest BCUT2D eigenvalue weighted by Gasteiger charge is -2.11. The number of Topliss-reactive ketones (excluding diaryl/α,β-unsaturated/α-hetero) is 1. The van der Waals surface area contributed by atoms with E-state index in [4.69, 9.17) is 4.74 Å². The Morgan fingerprint density at radius 3 is 2.79 bits per heavy atom. The first kappa shape index (κ1) is 13.0. The smallest absolute Gasteiger partial charge is 0.253 e. The monoisotopic (exact) mass is 258 g/mol. The molecule has 5 nitrogen and oxygen atoms in total. The Bertz CT molecular complexity index is 662. The fourth-order valence-electron chi connectivity index (χ4n) is 1.80. The minimum absolute atomic E-state index is 0.0255. The van der Waals surface area contributed by atoms with Crippen molar-refractivity contribution in [1.29, 1.82) is 0 Å². The summed E-state index contributed by atoms with van der Waals surface area (Å²) < 4.78 is 6.71. The Hall–Kier alpha value is -2.43. The van der Waals surface area contributed by atoms with Crippen LogP contribution in [0.2, 0.25) is 0 Å². The molecule has 0 radical (unpaired) electrons. The highest BCUT2D eigenvalue weighted by Crippen LogP contribution is 2.20. The fraction of sp³-hybridized carbons (Fsp3) is 0.214. The van der Waals surface area contributed by atoms with Gasteiger partial charge in [-0.3, -0.25) is 14.2 Å². The molecule has 1 heterocycles. The van der Waals surface area contributed by atoms with Crippen LogP contribution in [0.1, 0.15) is 22.8 Å². The number of hydrogen-bond acceptors (Lipinski definition) is 4. The summed E-state index contributed by atoms with van der Waals surface area (Å²) in [5.41, 5.74) is 1.21.